The van der Waals surface area contributed by atoms with E-state index in [0.29, 0.717) is 5.57 Å². The number of esters is 1. The van der Waals surface area contributed by atoms with Gasteiger partial charge in [0.05, 0.1) is 13.4 Å². The van der Waals surface area contributed by atoms with Crippen LogP contribution >= 0.6 is 0 Å². The minimum atomic E-state index is -0.935. The molecule has 1 heterocycles. The summed E-state index contributed by atoms with van der Waals surface area (Å²) in [5.41, 5.74) is 0.609. The van der Waals surface area contributed by atoms with Crippen LogP contribution in [0.15, 0.2) is 43.0 Å². The topological polar surface area (TPSA) is 92.3 Å². The number of carboxylic acid groups (broad SMARTS) is 1. The zero-order valence-electron chi connectivity index (χ0n) is 10.8. The van der Waals surface area contributed by atoms with Crippen LogP contribution in [-0.2, 0) is 14.3 Å². The highest BCUT2D eigenvalue weighted by atomic mass is 16.5. The number of hydrogen-bond acceptors (Lipinski definition) is 4. The van der Waals surface area contributed by atoms with Gasteiger partial charge in [0.2, 0.25) is 0 Å². The van der Waals surface area contributed by atoms with E-state index in [1.54, 1.807) is 25.6 Å². The van der Waals surface area contributed by atoms with Crippen LogP contribution in [0.1, 0.15) is 13.8 Å². The molecule has 0 fully saturated rings. The molecule has 0 unspecified atom stereocenters. The molecule has 0 saturated carbocycles. The van der Waals surface area contributed by atoms with Crippen molar-refractivity contribution in [3.8, 4) is 0 Å². The number of aromatic nitrogens is 2. The lowest BCUT2D eigenvalue weighted by Gasteiger charge is -1.91. The summed E-state index contributed by atoms with van der Waals surface area (Å²) < 4.78 is 4.27. The Hall–Kier alpha value is -2.37. The number of nitrogens with one attached hydrogen (secondary N) is 1. The quantitative estimate of drug-likeness (QED) is 0.620. The average Bonchev–Trinajstić information content (AvgIpc) is 2.87. The Morgan fingerprint density at radius 1 is 1.28 bits per heavy atom. The van der Waals surface area contributed by atoms with Crippen molar-refractivity contribution in [3.05, 3.63) is 43.0 Å². The number of H-pyrrole nitrogens is 1. The maximum atomic E-state index is 10.2. The molecule has 0 aliphatic heterocycles. The number of hydrogen-bond donors (Lipinski definition) is 2. The Morgan fingerprint density at radius 2 is 1.78 bits per heavy atom. The first-order valence-electron chi connectivity index (χ1n) is 4.88. The fraction of sp³-hybridized carbons (Fsp3) is 0.250. The minimum Gasteiger partial charge on any atom is -0.478 e. The van der Waals surface area contributed by atoms with Crippen molar-refractivity contribution < 1.29 is 19.4 Å². The largest absolute Gasteiger partial charge is 0.478 e. The number of methoxy groups -OCH3 is 1. The van der Waals surface area contributed by atoms with Gasteiger partial charge in [-0.1, -0.05) is 13.2 Å². The zero-order chi connectivity index (χ0) is 14.6. The standard InChI is InChI=1S/C5H8O2.C4H6O2.C3H4N2/c1-4(2)5(6)7-3;1-3(2)4(5)6;1-2-5-3-4-1/h1H2,2-3H3;1H2,2H3,(H,5,6);1-3H,(H,4,5). The summed E-state index contributed by atoms with van der Waals surface area (Å²) in [6.07, 6.45) is 5.08. The van der Waals surface area contributed by atoms with Crippen molar-refractivity contribution in [2.75, 3.05) is 7.11 Å². The number of carbonyl (C=O) groups excluding carboxylic acids is 1. The minimum absolute atomic E-state index is 0.176. The third-order valence-corrected chi connectivity index (χ3v) is 1.30. The van der Waals surface area contributed by atoms with Crippen LogP contribution in [0.3, 0.4) is 0 Å². The van der Waals surface area contributed by atoms with Crippen LogP contribution in [0.2, 0.25) is 0 Å². The van der Waals surface area contributed by atoms with E-state index >= 15 is 0 Å². The van der Waals surface area contributed by atoms with Gasteiger partial charge in [0.25, 0.3) is 0 Å². The van der Waals surface area contributed by atoms with Gasteiger partial charge in [0.1, 0.15) is 0 Å². The first-order valence-corrected chi connectivity index (χ1v) is 4.88. The summed E-state index contributed by atoms with van der Waals surface area (Å²) in [5.74, 6) is -1.28. The summed E-state index contributed by atoms with van der Waals surface area (Å²) in [6, 6.07) is 0. The third-order valence-electron chi connectivity index (χ3n) is 1.30. The fourth-order valence-corrected chi connectivity index (χ4v) is 0.389. The molecule has 1 aromatic heterocycles. The normalized spacial score (nSPS) is 7.72. The van der Waals surface area contributed by atoms with E-state index in [-0.39, 0.29) is 11.5 Å². The molecule has 1 rings (SSSR count). The Labute approximate surface area is 106 Å². The van der Waals surface area contributed by atoms with Gasteiger partial charge in [0.15, 0.2) is 0 Å². The summed E-state index contributed by atoms with van der Waals surface area (Å²) in [4.78, 5) is 26.2. The molecule has 0 aliphatic rings. The number of ether oxygens (including phenoxy) is 1. The molecule has 100 valence electrons. The highest BCUT2D eigenvalue weighted by molar-refractivity contribution is 5.86. The van der Waals surface area contributed by atoms with E-state index in [4.69, 9.17) is 5.11 Å². The van der Waals surface area contributed by atoms with Gasteiger partial charge in [-0.2, -0.15) is 0 Å². The van der Waals surface area contributed by atoms with Gasteiger partial charge < -0.3 is 14.8 Å². The van der Waals surface area contributed by atoms with Crippen molar-refractivity contribution >= 4 is 11.9 Å². The molecule has 0 atom stereocenters. The first kappa shape index (κ1) is 18.0. The van der Waals surface area contributed by atoms with Crippen molar-refractivity contribution in [1.29, 1.82) is 0 Å². The number of carbonyl (C=O) groups is 2. The molecule has 0 saturated heterocycles. The molecule has 2 N–H and O–H groups in total. The number of aliphatic carboxylic acids is 1. The lowest BCUT2D eigenvalue weighted by Crippen LogP contribution is -1.98. The summed E-state index contributed by atoms with van der Waals surface area (Å²) in [7, 11) is 1.33. The van der Waals surface area contributed by atoms with Crippen molar-refractivity contribution in [1.82, 2.24) is 9.97 Å². The number of nitrogens with zero attached hydrogens (tertiary/aromatic N) is 1. The molecule has 0 bridgehead atoms. The van der Waals surface area contributed by atoms with E-state index in [0.717, 1.165) is 0 Å². The molecule has 6 nitrogen and oxygen atoms in total. The van der Waals surface area contributed by atoms with Crippen LogP contribution < -0.4 is 0 Å². The summed E-state index contributed by atoms with van der Waals surface area (Å²) in [6.45, 7) is 9.56. The first-order chi connectivity index (χ1) is 8.32. The predicted octanol–water partition coefficient (Wildman–Crippen LogP) is 1.79. The van der Waals surface area contributed by atoms with Crippen LogP contribution in [0.5, 0.6) is 0 Å². The van der Waals surface area contributed by atoms with Crippen molar-refractivity contribution in [2.24, 2.45) is 0 Å². The number of aromatic amines is 1. The second-order valence-electron chi connectivity index (χ2n) is 3.12. The lowest BCUT2D eigenvalue weighted by atomic mass is 10.4. The molecule has 18 heavy (non-hydrogen) atoms. The van der Waals surface area contributed by atoms with Crippen molar-refractivity contribution in [3.63, 3.8) is 0 Å². The Bertz CT molecular complexity index is 354. The number of rotatable bonds is 2. The average molecular weight is 254 g/mol. The molecule has 0 aromatic carbocycles. The molecule has 0 aliphatic carbocycles. The molecule has 1 aromatic rings. The predicted molar refractivity (Wildman–Crippen MR) is 67.9 cm³/mol. The van der Waals surface area contributed by atoms with Gasteiger partial charge in [-0.15, -0.1) is 0 Å². The van der Waals surface area contributed by atoms with Gasteiger partial charge in [-0.25, -0.2) is 14.6 Å². The van der Waals surface area contributed by atoms with Gasteiger partial charge in [0, 0.05) is 23.5 Å². The molecular formula is C12H18N2O4. The Morgan fingerprint density at radius 3 is 1.83 bits per heavy atom. The van der Waals surface area contributed by atoms with E-state index in [2.05, 4.69) is 27.9 Å². The van der Waals surface area contributed by atoms with E-state index in [9.17, 15) is 9.59 Å². The van der Waals surface area contributed by atoms with E-state index in [1.165, 1.54) is 14.0 Å². The van der Waals surface area contributed by atoms with E-state index in [1.807, 2.05) is 0 Å². The van der Waals surface area contributed by atoms with Gasteiger partial charge >= 0.3 is 11.9 Å². The highest BCUT2D eigenvalue weighted by Gasteiger charge is 1.95. The smallest absolute Gasteiger partial charge is 0.332 e. The Balaban J connectivity index is 0. The summed E-state index contributed by atoms with van der Waals surface area (Å²) in [5, 5.41) is 7.89. The Kier molecular flexibility index (Phi) is 11.1. The SMILES string of the molecule is C=C(C)C(=O)O.C=C(C)C(=O)OC.c1c[nH]cn1. The second-order valence-corrected chi connectivity index (χ2v) is 3.12. The van der Waals surface area contributed by atoms with Crippen molar-refractivity contribution in [2.45, 2.75) is 13.8 Å². The monoisotopic (exact) mass is 254 g/mol. The molecule has 6 heteroatoms. The van der Waals surface area contributed by atoms with E-state index < -0.39 is 5.97 Å². The molecule has 0 spiro atoms. The highest BCUT2D eigenvalue weighted by Crippen LogP contribution is 1.87. The second kappa shape index (κ2) is 11.1. The molecule has 0 radical (unpaired) electrons. The molecule has 0 amide bonds. The van der Waals surface area contributed by atoms with Gasteiger partial charge in [-0.3, -0.25) is 0 Å². The maximum Gasteiger partial charge on any atom is 0.332 e. The maximum absolute atomic E-state index is 10.2. The third kappa shape index (κ3) is 13.6. The van der Waals surface area contributed by atoms with Crippen LogP contribution in [0, 0.1) is 0 Å². The molecular weight excluding hydrogens is 236 g/mol. The zero-order valence-corrected chi connectivity index (χ0v) is 10.8. The summed E-state index contributed by atoms with van der Waals surface area (Å²) >= 11 is 0. The van der Waals surface area contributed by atoms with Gasteiger partial charge in [-0.05, 0) is 13.8 Å². The number of imidazole rings is 1. The van der Waals surface area contributed by atoms with Crippen LogP contribution in [0.4, 0.5) is 0 Å². The number of carboxylic acids is 1. The van der Waals surface area contributed by atoms with Crippen LogP contribution in [0.25, 0.3) is 0 Å². The lowest BCUT2D eigenvalue weighted by molar-refractivity contribution is -0.136. The van der Waals surface area contributed by atoms with Crippen LogP contribution in [-0.4, -0.2) is 34.1 Å². The fourth-order valence-electron chi connectivity index (χ4n) is 0.389.